The summed E-state index contributed by atoms with van der Waals surface area (Å²) in [6, 6.07) is 14.6. The molecule has 0 N–H and O–H groups in total. The van der Waals surface area contributed by atoms with Crippen LogP contribution < -0.4 is 9.64 Å². The van der Waals surface area contributed by atoms with Crippen LogP contribution in [0.15, 0.2) is 48.7 Å². The van der Waals surface area contributed by atoms with Crippen LogP contribution in [-0.4, -0.2) is 30.7 Å². The van der Waals surface area contributed by atoms with Gasteiger partial charge in [-0.15, -0.1) is 11.3 Å². The number of nitrogens with zero attached hydrogens (tertiary/aromatic N) is 2. The van der Waals surface area contributed by atoms with Gasteiger partial charge in [-0.25, -0.2) is 9.78 Å². The Balaban J connectivity index is 1.18. The average molecular weight is 587 g/mol. The summed E-state index contributed by atoms with van der Waals surface area (Å²) in [7, 11) is 1.71. The highest BCUT2D eigenvalue weighted by atomic mass is 32.1. The number of anilines is 1. The zero-order valence-electron chi connectivity index (χ0n) is 24.8. The Labute approximate surface area is 253 Å². The van der Waals surface area contributed by atoms with E-state index in [2.05, 4.69) is 42.2 Å². The number of ether oxygens (including phenoxy) is 2. The van der Waals surface area contributed by atoms with Crippen LogP contribution in [-0.2, 0) is 9.53 Å². The van der Waals surface area contributed by atoms with Crippen molar-refractivity contribution in [2.24, 2.45) is 11.8 Å². The van der Waals surface area contributed by atoms with Gasteiger partial charge in [0, 0.05) is 24.3 Å². The maximum Gasteiger partial charge on any atom is 0.422 e. The molecule has 0 spiro atoms. The summed E-state index contributed by atoms with van der Waals surface area (Å²) < 4.78 is 11.0. The molecule has 0 bridgehead atoms. The standard InChI is InChI=1S/C35H42N2O4S/c1-23-19-28(17-18-31(23)40-2)25-13-11-24(12-14-25)22-37(35(39)41-34(38)27-7-4-3-5-8-27)30-10-6-9-29(20-30)32-21-36-33(42-32)26-15-16-26/h6,9-10,17-21,24-27H,3-5,7-8,11-16,22H2,1-2H3. The molecule has 0 radical (unpaired) electrons. The second-order valence-corrected chi connectivity index (χ2v) is 13.5. The van der Waals surface area contributed by atoms with Gasteiger partial charge in [0.1, 0.15) is 5.75 Å². The highest BCUT2D eigenvalue weighted by molar-refractivity contribution is 7.15. The molecule has 1 aromatic heterocycles. The van der Waals surface area contributed by atoms with Crippen LogP contribution in [0.2, 0.25) is 0 Å². The molecule has 1 heterocycles. The molecule has 0 unspecified atom stereocenters. The molecule has 0 saturated heterocycles. The van der Waals surface area contributed by atoms with Crippen molar-refractivity contribution >= 4 is 29.1 Å². The third-order valence-electron chi connectivity index (χ3n) is 9.42. The first kappa shape index (κ1) is 28.9. The Hall–Kier alpha value is -3.19. The van der Waals surface area contributed by atoms with Crippen LogP contribution in [0.1, 0.15) is 98.6 Å². The van der Waals surface area contributed by atoms with Gasteiger partial charge < -0.3 is 9.47 Å². The summed E-state index contributed by atoms with van der Waals surface area (Å²) in [4.78, 5) is 34.1. The van der Waals surface area contributed by atoms with Gasteiger partial charge in [0.05, 0.1) is 22.9 Å². The van der Waals surface area contributed by atoms with Gasteiger partial charge in [-0.3, -0.25) is 9.69 Å². The molecule has 3 saturated carbocycles. The molecule has 42 heavy (non-hydrogen) atoms. The highest BCUT2D eigenvalue weighted by Crippen LogP contribution is 2.44. The van der Waals surface area contributed by atoms with E-state index in [1.165, 1.54) is 29.0 Å². The molecular formula is C35H42N2O4S. The topological polar surface area (TPSA) is 68.7 Å². The van der Waals surface area contributed by atoms with Crippen LogP contribution >= 0.6 is 11.3 Å². The number of hydrogen-bond acceptors (Lipinski definition) is 6. The van der Waals surface area contributed by atoms with E-state index in [0.29, 0.717) is 24.3 Å². The van der Waals surface area contributed by atoms with Gasteiger partial charge >= 0.3 is 12.1 Å². The Morgan fingerprint density at radius 2 is 1.69 bits per heavy atom. The summed E-state index contributed by atoms with van der Waals surface area (Å²) in [6.07, 6.45) is 12.9. The van der Waals surface area contributed by atoms with Crippen molar-refractivity contribution < 1.29 is 19.1 Å². The smallest absolute Gasteiger partial charge is 0.422 e. The van der Waals surface area contributed by atoms with E-state index in [9.17, 15) is 9.59 Å². The van der Waals surface area contributed by atoms with E-state index in [1.54, 1.807) is 23.3 Å². The first-order chi connectivity index (χ1) is 20.5. The molecule has 3 aromatic rings. The molecule has 1 amide bonds. The number of aryl methyl sites for hydroxylation is 1. The van der Waals surface area contributed by atoms with Crippen molar-refractivity contribution in [2.45, 2.75) is 89.4 Å². The average Bonchev–Trinajstić information content (AvgIpc) is 3.76. The van der Waals surface area contributed by atoms with Crippen LogP contribution in [0.5, 0.6) is 5.75 Å². The van der Waals surface area contributed by atoms with Gasteiger partial charge in [-0.05, 0) is 105 Å². The molecule has 2 aromatic carbocycles. The lowest BCUT2D eigenvalue weighted by atomic mass is 9.78. The second-order valence-electron chi connectivity index (χ2n) is 12.5. The number of methoxy groups -OCH3 is 1. The summed E-state index contributed by atoms with van der Waals surface area (Å²) in [6.45, 7) is 2.64. The predicted molar refractivity (Wildman–Crippen MR) is 167 cm³/mol. The summed E-state index contributed by atoms with van der Waals surface area (Å²) in [5.74, 6) is 1.85. The molecule has 3 fully saturated rings. The normalized spacial score (nSPS) is 21.1. The fourth-order valence-corrected chi connectivity index (χ4v) is 7.79. The van der Waals surface area contributed by atoms with Crippen molar-refractivity contribution in [3.63, 3.8) is 0 Å². The number of amides is 1. The van der Waals surface area contributed by atoms with Gasteiger partial charge in [0.2, 0.25) is 0 Å². The number of carbonyl (C=O) groups excluding carboxylic acids is 2. The molecule has 3 aliphatic carbocycles. The molecule has 6 rings (SSSR count). The number of esters is 1. The van der Waals surface area contributed by atoms with Gasteiger partial charge in [0.25, 0.3) is 0 Å². The van der Waals surface area contributed by atoms with Crippen LogP contribution in [0.4, 0.5) is 10.5 Å². The number of hydrogen-bond donors (Lipinski definition) is 0. The quantitative estimate of drug-likeness (QED) is 0.195. The van der Waals surface area contributed by atoms with E-state index < -0.39 is 6.09 Å². The van der Waals surface area contributed by atoms with Crippen molar-refractivity contribution in [1.82, 2.24) is 4.98 Å². The Morgan fingerprint density at radius 1 is 0.929 bits per heavy atom. The highest BCUT2D eigenvalue weighted by Gasteiger charge is 2.31. The molecule has 3 aliphatic rings. The fourth-order valence-electron chi connectivity index (χ4n) is 6.71. The van der Waals surface area contributed by atoms with Crippen LogP contribution in [0, 0.1) is 18.8 Å². The second kappa shape index (κ2) is 13.0. The number of carbonyl (C=O) groups is 2. The van der Waals surface area contributed by atoms with Crippen LogP contribution in [0.3, 0.4) is 0 Å². The number of rotatable bonds is 8. The molecular weight excluding hydrogens is 544 g/mol. The lowest BCUT2D eigenvalue weighted by molar-refractivity contribution is -0.142. The first-order valence-corrected chi connectivity index (χ1v) is 16.5. The van der Waals surface area contributed by atoms with E-state index in [4.69, 9.17) is 9.47 Å². The lowest BCUT2D eigenvalue weighted by Crippen LogP contribution is -2.39. The molecule has 6 nitrogen and oxygen atoms in total. The van der Waals surface area contributed by atoms with E-state index >= 15 is 0 Å². The Morgan fingerprint density at radius 3 is 2.40 bits per heavy atom. The molecule has 0 aliphatic heterocycles. The van der Waals surface area contributed by atoms with Crippen molar-refractivity contribution in [2.75, 3.05) is 18.6 Å². The third kappa shape index (κ3) is 6.72. The van der Waals surface area contributed by atoms with E-state index in [-0.39, 0.29) is 11.9 Å². The minimum atomic E-state index is -0.543. The number of thiazole rings is 1. The summed E-state index contributed by atoms with van der Waals surface area (Å²) in [5, 5.41) is 1.20. The number of benzene rings is 2. The molecule has 222 valence electrons. The summed E-state index contributed by atoms with van der Waals surface area (Å²) >= 11 is 1.74. The van der Waals surface area contributed by atoms with Gasteiger partial charge in [0.15, 0.2) is 0 Å². The molecule has 0 atom stereocenters. The SMILES string of the molecule is COc1ccc(C2CCC(CN(C(=O)OC(=O)C3CCCCC3)c3cccc(-c4cnc(C5CC5)s4)c3)CC2)cc1C. The fraction of sp³-hybridized carbons (Fsp3) is 0.514. The monoisotopic (exact) mass is 586 g/mol. The minimum absolute atomic E-state index is 0.169. The van der Waals surface area contributed by atoms with Crippen LogP contribution in [0.25, 0.3) is 10.4 Å². The Bertz CT molecular complexity index is 1400. The zero-order chi connectivity index (χ0) is 29.1. The molecule has 7 heteroatoms. The van der Waals surface area contributed by atoms with Crippen molar-refractivity contribution in [1.29, 1.82) is 0 Å². The summed E-state index contributed by atoms with van der Waals surface area (Å²) in [5.41, 5.74) is 4.36. The van der Waals surface area contributed by atoms with E-state index in [0.717, 1.165) is 79.7 Å². The van der Waals surface area contributed by atoms with Crippen molar-refractivity contribution in [3.05, 3.63) is 64.8 Å². The predicted octanol–water partition coefficient (Wildman–Crippen LogP) is 9.03. The minimum Gasteiger partial charge on any atom is -0.496 e. The zero-order valence-corrected chi connectivity index (χ0v) is 25.7. The van der Waals surface area contributed by atoms with Gasteiger partial charge in [-0.1, -0.05) is 43.5 Å². The lowest BCUT2D eigenvalue weighted by Gasteiger charge is -2.33. The third-order valence-corrected chi connectivity index (χ3v) is 10.6. The van der Waals surface area contributed by atoms with E-state index in [1.807, 2.05) is 18.3 Å². The maximum atomic E-state index is 13.7. The number of aromatic nitrogens is 1. The van der Waals surface area contributed by atoms with Crippen molar-refractivity contribution in [3.8, 4) is 16.2 Å². The Kier molecular flexibility index (Phi) is 8.94. The first-order valence-electron chi connectivity index (χ1n) is 15.7. The largest absolute Gasteiger partial charge is 0.496 e. The maximum absolute atomic E-state index is 13.7. The van der Waals surface area contributed by atoms with Gasteiger partial charge in [-0.2, -0.15) is 0 Å².